The second-order valence-corrected chi connectivity index (χ2v) is 21.8. The van der Waals surface area contributed by atoms with Crippen LogP contribution >= 0.6 is 0 Å². The van der Waals surface area contributed by atoms with E-state index in [9.17, 15) is 57.5 Å². The minimum absolute atomic E-state index is 0.0168. The number of alkyl carbamates (subject to hydrolysis) is 2. The number of nitrogens with one attached hydrogen (secondary N) is 10. The van der Waals surface area contributed by atoms with Crippen LogP contribution in [0, 0.1) is 0 Å². The van der Waals surface area contributed by atoms with Crippen LogP contribution in [0.2, 0.25) is 0 Å². The van der Waals surface area contributed by atoms with Gasteiger partial charge in [0.05, 0.1) is 38.4 Å². The summed E-state index contributed by atoms with van der Waals surface area (Å²) in [7, 11) is 2.40. The quantitative estimate of drug-likeness (QED) is 0.0265. The predicted molar refractivity (Wildman–Crippen MR) is 307 cm³/mol. The highest BCUT2D eigenvalue weighted by Gasteiger charge is 2.30. The lowest BCUT2D eigenvalue weighted by Crippen LogP contribution is -2.46. The Hall–Kier alpha value is -6.92. The van der Waals surface area contributed by atoms with Crippen molar-refractivity contribution in [3.63, 3.8) is 0 Å². The first-order valence-electron chi connectivity index (χ1n) is 29.6. The average Bonchev–Trinajstić information content (AvgIpc) is 4.22. The molecule has 30 nitrogen and oxygen atoms in total. The molecule has 0 aromatic heterocycles. The topological polar surface area (TPSA) is 454 Å². The Balaban J connectivity index is 0.000000440. The van der Waals surface area contributed by atoms with Crippen molar-refractivity contribution in [2.24, 2.45) is 22.9 Å². The third-order valence-electron chi connectivity index (χ3n) is 14.0. The largest absolute Gasteiger partial charge is 0.453 e. The molecule has 18 N–H and O–H groups in total. The smallest absolute Gasteiger partial charge is 0.406 e. The minimum Gasteiger partial charge on any atom is -0.453 e. The van der Waals surface area contributed by atoms with Gasteiger partial charge in [-0.1, -0.05) is 0 Å². The lowest BCUT2D eigenvalue weighted by atomic mass is 10.1. The summed E-state index contributed by atoms with van der Waals surface area (Å²) in [5.74, 6) is -4.24. The molecular formula is C54H96N16O14. The molecule has 476 valence electrons. The van der Waals surface area contributed by atoms with Gasteiger partial charge in [-0.05, 0) is 128 Å². The van der Waals surface area contributed by atoms with Gasteiger partial charge in [0, 0.05) is 76.3 Å². The Morgan fingerprint density at radius 2 is 0.583 bits per heavy atom. The van der Waals surface area contributed by atoms with E-state index in [0.29, 0.717) is 127 Å². The lowest BCUT2D eigenvalue weighted by molar-refractivity contribution is -0.139. The van der Waals surface area contributed by atoms with Gasteiger partial charge in [0.1, 0.15) is 26.2 Å². The van der Waals surface area contributed by atoms with Crippen LogP contribution in [0.15, 0.2) is 0 Å². The molecule has 0 aliphatic heterocycles. The number of rotatable bonds is 46. The molecule has 4 unspecified atom stereocenters. The van der Waals surface area contributed by atoms with E-state index in [1.165, 1.54) is 14.2 Å². The maximum atomic E-state index is 12.8. The molecule has 4 aliphatic carbocycles. The maximum Gasteiger partial charge on any atom is 0.406 e. The molecule has 0 aromatic rings. The van der Waals surface area contributed by atoms with Crippen LogP contribution in [0.5, 0.6) is 0 Å². The van der Waals surface area contributed by atoms with Crippen LogP contribution in [0.4, 0.5) is 9.59 Å². The van der Waals surface area contributed by atoms with E-state index in [2.05, 4.69) is 62.6 Å². The average molecular weight is 1190 g/mol. The second-order valence-electron chi connectivity index (χ2n) is 21.8. The zero-order valence-electron chi connectivity index (χ0n) is 49.2. The molecule has 12 amide bonds. The SMILES string of the molecule is COC(=O)NCCC(=O)N(CC(=O)NCCCCC(NC1CC1)C(N)=O)CC(=O)NCCCCC(NC1CC1)C(N)=O.COC(=O)NCCC(=O)N(CC(=O)NCCCCC(NC1CC1)C(N)=O)CC(=O)NCCCCC(NC1CC1)C(N)=O. The van der Waals surface area contributed by atoms with Gasteiger partial charge in [0.25, 0.3) is 0 Å². The number of amides is 12. The van der Waals surface area contributed by atoms with Gasteiger partial charge in [0.2, 0.25) is 59.1 Å². The summed E-state index contributed by atoms with van der Waals surface area (Å²) >= 11 is 0. The van der Waals surface area contributed by atoms with Crippen molar-refractivity contribution in [3.05, 3.63) is 0 Å². The van der Waals surface area contributed by atoms with Gasteiger partial charge in [-0.15, -0.1) is 0 Å². The number of carbonyl (C=O) groups is 12. The second kappa shape index (κ2) is 40.4. The van der Waals surface area contributed by atoms with E-state index < -0.39 is 47.6 Å². The molecule has 4 atom stereocenters. The summed E-state index contributed by atoms with van der Waals surface area (Å²) in [5, 5.41) is 28.6. The Kier molecular flexibility index (Phi) is 34.3. The molecule has 4 rings (SSSR count). The van der Waals surface area contributed by atoms with Gasteiger partial charge in [-0.25, -0.2) is 9.59 Å². The third kappa shape index (κ3) is 34.6. The van der Waals surface area contributed by atoms with Crippen molar-refractivity contribution >= 4 is 71.3 Å². The molecule has 0 spiro atoms. The van der Waals surface area contributed by atoms with E-state index in [1.807, 2.05) is 0 Å². The lowest BCUT2D eigenvalue weighted by Gasteiger charge is -2.22. The van der Waals surface area contributed by atoms with Gasteiger partial charge in [-0.3, -0.25) is 47.9 Å². The molecular weight excluding hydrogens is 1100 g/mol. The van der Waals surface area contributed by atoms with Crippen LogP contribution < -0.4 is 76.1 Å². The Bertz CT molecular complexity index is 1890. The van der Waals surface area contributed by atoms with E-state index in [4.69, 9.17) is 22.9 Å². The summed E-state index contributed by atoms with van der Waals surface area (Å²) < 4.78 is 8.97. The molecule has 4 saturated carbocycles. The van der Waals surface area contributed by atoms with Crippen molar-refractivity contribution in [1.82, 2.24) is 63.0 Å². The molecule has 30 heteroatoms. The predicted octanol–water partition coefficient (Wildman–Crippen LogP) is -3.31. The van der Waals surface area contributed by atoms with Crippen molar-refractivity contribution in [3.8, 4) is 0 Å². The first-order valence-corrected chi connectivity index (χ1v) is 29.6. The summed E-state index contributed by atoms with van der Waals surface area (Å²) in [4.78, 5) is 147. The molecule has 0 heterocycles. The van der Waals surface area contributed by atoms with E-state index >= 15 is 0 Å². The normalized spacial score (nSPS) is 15.6. The fraction of sp³-hybridized carbons (Fsp3) is 0.778. The number of hydrogen-bond donors (Lipinski definition) is 14. The minimum atomic E-state index is -0.693. The Morgan fingerprint density at radius 1 is 0.357 bits per heavy atom. The van der Waals surface area contributed by atoms with Crippen LogP contribution in [0.3, 0.4) is 0 Å². The van der Waals surface area contributed by atoms with Crippen LogP contribution in [-0.4, -0.2) is 209 Å². The molecule has 4 fully saturated rings. The van der Waals surface area contributed by atoms with Crippen LogP contribution in [0.25, 0.3) is 0 Å². The van der Waals surface area contributed by atoms with Crippen LogP contribution in [-0.2, 0) is 57.4 Å². The summed E-state index contributed by atoms with van der Waals surface area (Å²) in [6.07, 6.45) is 14.2. The highest BCUT2D eigenvalue weighted by molar-refractivity contribution is 5.90. The Labute approximate surface area is 492 Å². The number of hydrogen-bond acceptors (Lipinski definition) is 18. The first kappa shape index (κ1) is 71.3. The van der Waals surface area contributed by atoms with Crippen molar-refractivity contribution in [2.45, 2.75) is 190 Å². The van der Waals surface area contributed by atoms with E-state index in [0.717, 1.165) is 61.2 Å². The summed E-state index contributed by atoms with van der Waals surface area (Å²) in [6.45, 7) is 0.0161. The third-order valence-corrected chi connectivity index (χ3v) is 14.0. The van der Waals surface area contributed by atoms with Crippen molar-refractivity contribution in [1.29, 1.82) is 0 Å². The van der Waals surface area contributed by atoms with E-state index in [1.54, 1.807) is 0 Å². The van der Waals surface area contributed by atoms with E-state index in [-0.39, 0.29) is 99.9 Å². The van der Waals surface area contributed by atoms with Crippen LogP contribution in [0.1, 0.15) is 141 Å². The zero-order valence-corrected chi connectivity index (χ0v) is 49.2. The van der Waals surface area contributed by atoms with Crippen molar-refractivity contribution < 1.29 is 67.0 Å². The van der Waals surface area contributed by atoms with Gasteiger partial charge in [-0.2, -0.15) is 0 Å². The number of primary amides is 4. The highest BCUT2D eigenvalue weighted by Crippen LogP contribution is 2.23. The fourth-order valence-corrected chi connectivity index (χ4v) is 8.56. The number of nitrogens with zero attached hydrogens (tertiary/aromatic N) is 2. The van der Waals surface area contributed by atoms with Gasteiger partial charge in [0.15, 0.2) is 0 Å². The standard InChI is InChI=1S/2C27H48N8O7/c2*1-42-27(41)32-15-12-24(38)35(16-22(36)30-13-4-2-6-20(25(28)39)33-18-8-9-18)17-23(37)31-14-5-3-7-21(26(29)40)34-19-10-11-19/h2*18-21,33-34H,2-17H2,1H3,(H2,28,39)(H2,29,40)(H,30,36)(H,31,37)(H,32,41). The number of nitrogens with two attached hydrogens (primary N) is 4. The Morgan fingerprint density at radius 3 is 0.774 bits per heavy atom. The summed E-state index contributed by atoms with van der Waals surface area (Å²) in [5.41, 5.74) is 21.8. The maximum absolute atomic E-state index is 12.8. The van der Waals surface area contributed by atoms with Gasteiger partial charge < -0.3 is 95.4 Å². The molecule has 0 radical (unpaired) electrons. The number of ether oxygens (including phenoxy) is 2. The summed E-state index contributed by atoms with van der Waals surface area (Å²) in [6, 6.07) is -0.124. The zero-order chi connectivity index (χ0) is 61.8. The first-order chi connectivity index (χ1) is 40.2. The van der Waals surface area contributed by atoms with Crippen molar-refractivity contribution in [2.75, 3.05) is 79.7 Å². The number of unbranched alkanes of at least 4 members (excludes halogenated alkanes) is 4. The monoisotopic (exact) mass is 1190 g/mol. The molecule has 0 aromatic carbocycles. The molecule has 4 aliphatic rings. The molecule has 0 saturated heterocycles. The highest BCUT2D eigenvalue weighted by atomic mass is 16.5. The number of carbonyl (C=O) groups excluding carboxylic acids is 12. The molecule has 84 heavy (non-hydrogen) atoms. The molecule has 0 bridgehead atoms. The number of methoxy groups -OCH3 is 2. The fourth-order valence-electron chi connectivity index (χ4n) is 8.56. The van der Waals surface area contributed by atoms with Gasteiger partial charge >= 0.3 is 12.2 Å².